The lowest BCUT2D eigenvalue weighted by Crippen LogP contribution is -2.39. The number of aryl methyl sites for hydroxylation is 1. The van der Waals surface area contributed by atoms with Crippen molar-refractivity contribution in [2.75, 3.05) is 7.11 Å². The molecule has 0 saturated heterocycles. The van der Waals surface area contributed by atoms with Gasteiger partial charge in [-0.15, -0.1) is 0 Å². The van der Waals surface area contributed by atoms with E-state index in [1.54, 1.807) is 6.33 Å². The number of nitrogens with two attached hydrogens (primary N) is 1. The first-order valence-electron chi connectivity index (χ1n) is 4.00. The van der Waals surface area contributed by atoms with E-state index in [1.165, 1.54) is 7.11 Å². The van der Waals surface area contributed by atoms with Crippen molar-refractivity contribution in [3.63, 3.8) is 0 Å². The zero-order valence-corrected chi connectivity index (χ0v) is 7.78. The Hall–Kier alpha value is -1.36. The van der Waals surface area contributed by atoms with Gasteiger partial charge >= 0.3 is 5.97 Å². The molecule has 0 spiro atoms. The normalized spacial score (nSPS) is 12.5. The highest BCUT2D eigenvalue weighted by atomic mass is 16.5. The van der Waals surface area contributed by atoms with Crippen molar-refractivity contribution >= 4 is 5.97 Å². The number of aromatic amines is 1. The molecule has 1 heterocycles. The van der Waals surface area contributed by atoms with E-state index in [0.29, 0.717) is 6.42 Å². The summed E-state index contributed by atoms with van der Waals surface area (Å²) in [7, 11) is 3.22. The minimum absolute atomic E-state index is 0.388. The van der Waals surface area contributed by atoms with Crippen LogP contribution in [-0.2, 0) is 23.0 Å². The average molecular weight is 184 g/mol. The topological polar surface area (TPSA) is 72.0 Å². The molecule has 5 nitrogen and oxygen atoms in total. The highest BCUT2D eigenvalue weighted by Crippen LogP contribution is 1.95. The number of rotatable bonds is 3. The summed E-state index contributed by atoms with van der Waals surface area (Å²) < 4.78 is 6.40. The summed E-state index contributed by atoms with van der Waals surface area (Å²) in [5, 5.41) is 0. The number of nitrogens with one attached hydrogen (secondary N) is 1. The first kappa shape index (κ1) is 9.73. The van der Waals surface area contributed by atoms with E-state index in [9.17, 15) is 4.79 Å². The van der Waals surface area contributed by atoms with Crippen molar-refractivity contribution < 1.29 is 14.1 Å². The van der Waals surface area contributed by atoms with Crippen LogP contribution in [0.15, 0.2) is 12.5 Å². The number of hydrogen-bond donors (Lipinski definition) is 2. The molecule has 5 heteroatoms. The van der Waals surface area contributed by atoms with Crippen LogP contribution < -0.4 is 10.3 Å². The Labute approximate surface area is 76.5 Å². The number of esters is 1. The predicted octanol–water partition coefficient (Wildman–Crippen LogP) is -1.12. The number of methoxy groups -OCH3 is 1. The zero-order valence-electron chi connectivity index (χ0n) is 7.78. The maximum absolute atomic E-state index is 11.0. The van der Waals surface area contributed by atoms with E-state index in [2.05, 4.69) is 9.72 Å². The van der Waals surface area contributed by atoms with Gasteiger partial charge in [0.25, 0.3) is 0 Å². The van der Waals surface area contributed by atoms with Gasteiger partial charge in [-0.25, -0.2) is 9.55 Å². The van der Waals surface area contributed by atoms with E-state index in [1.807, 2.05) is 17.8 Å². The van der Waals surface area contributed by atoms with Gasteiger partial charge < -0.3 is 10.5 Å². The Morgan fingerprint density at radius 1 is 1.85 bits per heavy atom. The largest absolute Gasteiger partial charge is 0.468 e. The molecule has 72 valence electrons. The highest BCUT2D eigenvalue weighted by molar-refractivity contribution is 5.75. The Balaban J connectivity index is 2.59. The van der Waals surface area contributed by atoms with Gasteiger partial charge in [0.1, 0.15) is 17.9 Å². The van der Waals surface area contributed by atoms with Gasteiger partial charge in [-0.1, -0.05) is 0 Å². The SMILES string of the molecule is COC(=O)C(N)Cc1c[nH]c[n+]1C. The second-order valence-electron chi connectivity index (χ2n) is 2.88. The van der Waals surface area contributed by atoms with Gasteiger partial charge in [-0.05, 0) is 0 Å². The molecule has 0 aliphatic rings. The molecule has 1 aromatic rings. The molecule has 0 amide bonds. The van der Waals surface area contributed by atoms with Gasteiger partial charge in [0.2, 0.25) is 6.33 Å². The monoisotopic (exact) mass is 184 g/mol. The van der Waals surface area contributed by atoms with E-state index in [4.69, 9.17) is 5.73 Å². The van der Waals surface area contributed by atoms with Crippen molar-refractivity contribution in [3.05, 3.63) is 18.2 Å². The molecule has 0 bridgehead atoms. The minimum atomic E-state index is -0.591. The number of H-pyrrole nitrogens is 1. The number of aromatic nitrogens is 2. The number of carbonyl (C=O) groups excluding carboxylic acids is 1. The summed E-state index contributed by atoms with van der Waals surface area (Å²) >= 11 is 0. The lowest BCUT2D eigenvalue weighted by Gasteiger charge is -2.06. The standard InChI is InChI=1S/C8H13N3O2/c1-11-5-10-4-6(11)3-7(9)8(12)13-2/h4-5,7H,3,9H2,1-2H3/p+1. The molecule has 13 heavy (non-hydrogen) atoms. The zero-order chi connectivity index (χ0) is 9.84. The summed E-state index contributed by atoms with van der Waals surface area (Å²) in [4.78, 5) is 13.9. The lowest BCUT2D eigenvalue weighted by molar-refractivity contribution is -0.677. The Bertz CT molecular complexity index is 295. The average Bonchev–Trinajstić information content (AvgIpc) is 2.50. The number of nitrogens with zero attached hydrogens (tertiary/aromatic N) is 1. The van der Waals surface area contributed by atoms with Crippen molar-refractivity contribution in [2.45, 2.75) is 12.5 Å². The van der Waals surface area contributed by atoms with E-state index in [-0.39, 0.29) is 5.97 Å². The maximum atomic E-state index is 11.0. The predicted molar refractivity (Wildman–Crippen MR) is 45.7 cm³/mol. The van der Waals surface area contributed by atoms with Crippen LogP contribution in [0.5, 0.6) is 0 Å². The molecule has 0 aromatic carbocycles. The maximum Gasteiger partial charge on any atom is 0.323 e. The van der Waals surface area contributed by atoms with Crippen molar-refractivity contribution in [1.82, 2.24) is 4.98 Å². The molecule has 1 unspecified atom stereocenters. The molecular formula is C8H14N3O2+. The summed E-state index contributed by atoms with van der Waals surface area (Å²) in [6.07, 6.45) is 4.08. The Kier molecular flexibility index (Phi) is 3.02. The first-order valence-corrected chi connectivity index (χ1v) is 4.00. The summed E-state index contributed by atoms with van der Waals surface area (Å²) in [6, 6.07) is -0.591. The van der Waals surface area contributed by atoms with Gasteiger partial charge in [-0.2, -0.15) is 0 Å². The van der Waals surface area contributed by atoms with Crippen molar-refractivity contribution in [1.29, 1.82) is 0 Å². The van der Waals surface area contributed by atoms with Crippen LogP contribution in [0.4, 0.5) is 0 Å². The van der Waals surface area contributed by atoms with Crippen LogP contribution in [0.2, 0.25) is 0 Å². The molecule has 0 aliphatic carbocycles. The molecule has 1 aromatic heterocycles. The molecule has 1 rings (SSSR count). The fourth-order valence-corrected chi connectivity index (χ4v) is 1.09. The quantitative estimate of drug-likeness (QED) is 0.462. The molecule has 3 N–H and O–H groups in total. The summed E-state index contributed by atoms with van der Waals surface area (Å²) in [6.45, 7) is 0. The Morgan fingerprint density at radius 2 is 2.54 bits per heavy atom. The number of imidazole rings is 1. The highest BCUT2D eigenvalue weighted by Gasteiger charge is 2.18. The third-order valence-corrected chi connectivity index (χ3v) is 1.90. The van der Waals surface area contributed by atoms with Crippen molar-refractivity contribution in [3.8, 4) is 0 Å². The minimum Gasteiger partial charge on any atom is -0.468 e. The molecule has 0 saturated carbocycles. The van der Waals surface area contributed by atoms with Gasteiger partial charge in [-0.3, -0.25) is 4.79 Å². The number of hydrogen-bond acceptors (Lipinski definition) is 3. The summed E-state index contributed by atoms with van der Waals surface area (Å²) in [5.41, 5.74) is 6.56. The fourth-order valence-electron chi connectivity index (χ4n) is 1.09. The fraction of sp³-hybridized carbons (Fsp3) is 0.500. The van der Waals surface area contributed by atoms with Gasteiger partial charge in [0.05, 0.1) is 14.2 Å². The van der Waals surface area contributed by atoms with Crippen LogP contribution in [0.1, 0.15) is 5.69 Å². The van der Waals surface area contributed by atoms with E-state index in [0.717, 1.165) is 5.69 Å². The molecule has 0 radical (unpaired) electrons. The third-order valence-electron chi connectivity index (χ3n) is 1.90. The second-order valence-corrected chi connectivity index (χ2v) is 2.88. The van der Waals surface area contributed by atoms with Crippen molar-refractivity contribution in [2.24, 2.45) is 12.8 Å². The van der Waals surface area contributed by atoms with Crippen LogP contribution in [-0.4, -0.2) is 24.1 Å². The molecule has 1 atom stereocenters. The van der Waals surface area contributed by atoms with Gasteiger partial charge in [0, 0.05) is 6.42 Å². The lowest BCUT2D eigenvalue weighted by atomic mass is 10.2. The first-order chi connectivity index (χ1) is 6.15. The van der Waals surface area contributed by atoms with E-state index >= 15 is 0 Å². The van der Waals surface area contributed by atoms with Crippen LogP contribution in [0, 0.1) is 0 Å². The van der Waals surface area contributed by atoms with Crippen LogP contribution in [0.3, 0.4) is 0 Å². The molecule has 0 aliphatic heterocycles. The Morgan fingerprint density at radius 3 is 3.00 bits per heavy atom. The van der Waals surface area contributed by atoms with E-state index < -0.39 is 6.04 Å². The van der Waals surface area contributed by atoms with Gasteiger partial charge in [0.15, 0.2) is 0 Å². The number of ether oxygens (including phenoxy) is 1. The molecule has 0 fully saturated rings. The number of carbonyl (C=O) groups is 1. The molecular weight excluding hydrogens is 170 g/mol. The smallest absolute Gasteiger partial charge is 0.323 e. The third kappa shape index (κ3) is 2.29. The van der Waals surface area contributed by atoms with Crippen LogP contribution >= 0.6 is 0 Å². The van der Waals surface area contributed by atoms with Crippen LogP contribution in [0.25, 0.3) is 0 Å². The second kappa shape index (κ2) is 4.04. The summed E-state index contributed by atoms with van der Waals surface area (Å²) in [5.74, 6) is -0.388.